The first kappa shape index (κ1) is 17.3. The van der Waals surface area contributed by atoms with Crippen LogP contribution in [0.3, 0.4) is 0 Å². The van der Waals surface area contributed by atoms with Crippen LogP contribution >= 0.6 is 15.9 Å². The van der Waals surface area contributed by atoms with Gasteiger partial charge in [-0.2, -0.15) is 0 Å². The van der Waals surface area contributed by atoms with E-state index < -0.39 is 5.97 Å². The molecule has 5 heteroatoms. The van der Waals surface area contributed by atoms with Crippen LogP contribution in [0.25, 0.3) is 0 Å². The highest BCUT2D eigenvalue weighted by Crippen LogP contribution is 2.29. The summed E-state index contributed by atoms with van der Waals surface area (Å²) in [6, 6.07) is 4.11. The van der Waals surface area contributed by atoms with Gasteiger partial charge in [0.25, 0.3) is 0 Å². The number of nitrogens with zero attached hydrogens (tertiary/aromatic N) is 1. The number of benzene rings is 1. The highest BCUT2D eigenvalue weighted by molar-refractivity contribution is 9.10. The van der Waals surface area contributed by atoms with Gasteiger partial charge in [-0.1, -0.05) is 26.2 Å². The van der Waals surface area contributed by atoms with E-state index in [1.807, 2.05) is 6.07 Å². The molecular weight excluding hydrogens is 344 g/mol. The van der Waals surface area contributed by atoms with Crippen LogP contribution in [0.15, 0.2) is 16.6 Å². The molecule has 22 heavy (non-hydrogen) atoms. The topological polar surface area (TPSA) is 55.6 Å². The van der Waals surface area contributed by atoms with E-state index in [2.05, 4.69) is 39.6 Å². The highest BCUT2D eigenvalue weighted by Gasteiger charge is 2.21. The molecule has 1 radical (unpaired) electrons. The van der Waals surface area contributed by atoms with Gasteiger partial charge in [0.05, 0.1) is 11.3 Å². The second-order valence-corrected chi connectivity index (χ2v) is 6.67. The predicted octanol–water partition coefficient (Wildman–Crippen LogP) is 4.13. The third-order valence-corrected chi connectivity index (χ3v) is 5.11. The lowest BCUT2D eigenvalue weighted by atomic mass is 9.93. The van der Waals surface area contributed by atoms with Crippen LogP contribution in [-0.4, -0.2) is 23.5 Å². The lowest BCUT2D eigenvalue weighted by Gasteiger charge is -2.34. The van der Waals surface area contributed by atoms with Gasteiger partial charge in [0.1, 0.15) is 7.11 Å². The van der Waals surface area contributed by atoms with E-state index in [0.29, 0.717) is 17.3 Å². The summed E-state index contributed by atoms with van der Waals surface area (Å²) < 4.78 is 5.30. The fourth-order valence-corrected chi connectivity index (χ4v) is 3.67. The van der Waals surface area contributed by atoms with Crippen molar-refractivity contribution in [3.63, 3.8) is 0 Å². The average molecular weight is 368 g/mol. The molecule has 0 bridgehead atoms. The number of hydrogen-bond donors (Lipinski definition) is 1. The van der Waals surface area contributed by atoms with E-state index in [-0.39, 0.29) is 0 Å². The smallest absolute Gasteiger partial charge is 0.338 e. The Morgan fingerprint density at radius 2 is 2.09 bits per heavy atom. The zero-order chi connectivity index (χ0) is 16.1. The van der Waals surface area contributed by atoms with Crippen LogP contribution in [0.4, 0.5) is 5.69 Å². The number of hydrogen-bond acceptors (Lipinski definition) is 4. The summed E-state index contributed by atoms with van der Waals surface area (Å²) in [5.74, 6) is -0.442. The minimum absolute atomic E-state index is 0.442. The Morgan fingerprint density at radius 1 is 1.41 bits per heavy atom. The van der Waals surface area contributed by atoms with E-state index in [1.165, 1.54) is 32.1 Å². The molecule has 121 valence electrons. The van der Waals surface area contributed by atoms with Crippen molar-refractivity contribution in [3.05, 3.63) is 34.8 Å². The molecule has 1 aromatic rings. The van der Waals surface area contributed by atoms with Gasteiger partial charge in [-0.25, -0.2) is 4.79 Å². The number of carbonyl (C=O) groups excluding carboxylic acids is 1. The monoisotopic (exact) mass is 367 g/mol. The fraction of sp³-hybridized carbons (Fsp3) is 0.529. The average Bonchev–Trinajstić information content (AvgIpc) is 2.56. The maximum atomic E-state index is 11.7. The predicted molar refractivity (Wildman–Crippen MR) is 92.3 cm³/mol. The van der Waals surface area contributed by atoms with Crippen molar-refractivity contribution >= 4 is 27.6 Å². The molecule has 0 spiro atoms. The standard InChI is InChI=1S/C17H24BrN2O2/c1-3-20(14-7-5-4-6-8-14)11-13-9-12(17(21)22-2)10-15(18)16(13)19/h9-10,14H,2-8,11,19H2,1H3. The maximum absolute atomic E-state index is 11.7. The van der Waals surface area contributed by atoms with Gasteiger partial charge in [-0.15, -0.1) is 0 Å². The molecule has 0 aromatic heterocycles. The first-order chi connectivity index (χ1) is 10.6. The van der Waals surface area contributed by atoms with Crippen molar-refractivity contribution < 1.29 is 9.53 Å². The van der Waals surface area contributed by atoms with E-state index in [0.717, 1.165) is 23.1 Å². The Hall–Kier alpha value is -1.07. The van der Waals surface area contributed by atoms with Crippen molar-refractivity contribution in [3.8, 4) is 0 Å². The number of nitrogens with two attached hydrogens (primary N) is 1. The lowest BCUT2D eigenvalue weighted by Crippen LogP contribution is -2.36. The molecule has 0 amide bonds. The van der Waals surface area contributed by atoms with Crippen LogP contribution in [0, 0.1) is 7.11 Å². The van der Waals surface area contributed by atoms with Crippen molar-refractivity contribution in [2.45, 2.75) is 51.6 Å². The van der Waals surface area contributed by atoms with Gasteiger partial charge in [0.15, 0.2) is 0 Å². The first-order valence-corrected chi connectivity index (χ1v) is 8.64. The van der Waals surface area contributed by atoms with Crippen LogP contribution in [-0.2, 0) is 11.3 Å². The summed E-state index contributed by atoms with van der Waals surface area (Å²) in [6.45, 7) is 3.91. The van der Waals surface area contributed by atoms with Gasteiger partial charge in [-0.3, -0.25) is 4.90 Å². The molecule has 1 aliphatic rings. The van der Waals surface area contributed by atoms with Gasteiger partial charge in [0.2, 0.25) is 0 Å². The quantitative estimate of drug-likeness (QED) is 0.627. The molecule has 0 unspecified atom stereocenters. The summed E-state index contributed by atoms with van der Waals surface area (Å²) in [6.07, 6.45) is 6.43. The Morgan fingerprint density at radius 3 is 2.68 bits per heavy atom. The number of esters is 1. The Labute approximate surface area is 141 Å². The van der Waals surface area contributed by atoms with E-state index in [1.54, 1.807) is 6.07 Å². The molecule has 0 heterocycles. The second-order valence-electron chi connectivity index (χ2n) is 5.82. The largest absolute Gasteiger partial charge is 0.458 e. The number of carbonyl (C=O) groups is 1. The van der Waals surface area contributed by atoms with Crippen LogP contribution in [0.1, 0.15) is 54.9 Å². The fourth-order valence-electron chi connectivity index (χ4n) is 3.17. The van der Waals surface area contributed by atoms with E-state index in [9.17, 15) is 4.79 Å². The molecule has 1 saturated carbocycles. The zero-order valence-electron chi connectivity index (χ0n) is 13.1. The molecule has 0 aliphatic heterocycles. The molecule has 2 rings (SSSR count). The van der Waals surface area contributed by atoms with Crippen molar-refractivity contribution in [2.24, 2.45) is 0 Å². The van der Waals surface area contributed by atoms with Crippen molar-refractivity contribution in [1.82, 2.24) is 4.90 Å². The minimum Gasteiger partial charge on any atom is -0.458 e. The van der Waals surface area contributed by atoms with Crippen molar-refractivity contribution in [1.29, 1.82) is 0 Å². The van der Waals surface area contributed by atoms with Gasteiger partial charge < -0.3 is 10.5 Å². The van der Waals surface area contributed by atoms with Gasteiger partial charge in [-0.05, 0) is 53.0 Å². The Bertz CT molecular complexity index is 528. The summed E-state index contributed by atoms with van der Waals surface area (Å²) in [5.41, 5.74) is 8.31. The molecule has 4 nitrogen and oxygen atoms in total. The maximum Gasteiger partial charge on any atom is 0.338 e. The van der Waals surface area contributed by atoms with Gasteiger partial charge in [0, 0.05) is 17.1 Å². The summed E-state index contributed by atoms with van der Waals surface area (Å²) in [5, 5.41) is 0. The number of halogens is 1. The van der Waals surface area contributed by atoms with Crippen LogP contribution < -0.4 is 5.73 Å². The summed E-state index contributed by atoms with van der Waals surface area (Å²) in [4.78, 5) is 14.2. The molecule has 1 aliphatic carbocycles. The molecule has 0 saturated heterocycles. The Balaban J connectivity index is 2.22. The number of rotatable bonds is 5. The second kappa shape index (κ2) is 7.97. The number of anilines is 1. The molecule has 1 fully saturated rings. The third kappa shape index (κ3) is 4.02. The van der Waals surface area contributed by atoms with Crippen LogP contribution in [0.2, 0.25) is 0 Å². The number of ether oxygens (including phenoxy) is 1. The lowest BCUT2D eigenvalue weighted by molar-refractivity contribution is 0.0653. The molecular formula is C17H24BrN2O2. The van der Waals surface area contributed by atoms with Crippen LogP contribution in [0.5, 0.6) is 0 Å². The molecule has 0 atom stereocenters. The number of nitrogen functional groups attached to an aromatic ring is 1. The van der Waals surface area contributed by atoms with Crippen molar-refractivity contribution in [2.75, 3.05) is 12.3 Å². The van der Waals surface area contributed by atoms with E-state index >= 15 is 0 Å². The minimum atomic E-state index is -0.442. The molecule has 1 aromatic carbocycles. The third-order valence-electron chi connectivity index (χ3n) is 4.45. The molecule has 2 N–H and O–H groups in total. The van der Waals surface area contributed by atoms with Gasteiger partial charge >= 0.3 is 5.97 Å². The normalized spacial score (nSPS) is 16.0. The SMILES string of the molecule is [CH2]OC(=O)c1cc(Br)c(N)c(CN(CC)C2CCCCC2)c1. The Kier molecular flexibility index (Phi) is 6.26. The first-order valence-electron chi connectivity index (χ1n) is 7.85. The zero-order valence-corrected chi connectivity index (χ0v) is 14.7. The summed E-state index contributed by atoms with van der Waals surface area (Å²) >= 11 is 3.43. The highest BCUT2D eigenvalue weighted by atomic mass is 79.9. The summed E-state index contributed by atoms with van der Waals surface area (Å²) in [7, 11) is 3.19. The van der Waals surface area contributed by atoms with E-state index in [4.69, 9.17) is 5.73 Å².